The monoisotopic (exact) mass is 306 g/mol. The number of nitrogens with zero attached hydrogens (tertiary/aromatic N) is 1. The summed E-state index contributed by atoms with van der Waals surface area (Å²) >= 11 is 5.23. The lowest BCUT2D eigenvalue weighted by Crippen LogP contribution is -1.98. The number of methoxy groups -OCH3 is 1. The first-order chi connectivity index (χ1) is 10.0. The van der Waals surface area contributed by atoms with E-state index >= 15 is 0 Å². The summed E-state index contributed by atoms with van der Waals surface area (Å²) in [6.07, 6.45) is 0. The summed E-state index contributed by atoms with van der Waals surface area (Å²) in [6, 6.07) is 7.87. The van der Waals surface area contributed by atoms with Gasteiger partial charge in [0.2, 0.25) is 0 Å². The van der Waals surface area contributed by atoms with Gasteiger partial charge in [-0.05, 0) is 55.0 Å². The molecule has 1 aromatic heterocycles. The molecular formula is C15H12F2N2OS. The molecule has 108 valence electrons. The van der Waals surface area contributed by atoms with E-state index in [1.807, 2.05) is 13.0 Å². The van der Waals surface area contributed by atoms with Crippen molar-refractivity contribution in [3.63, 3.8) is 0 Å². The highest BCUT2D eigenvalue weighted by molar-refractivity contribution is 7.71. The number of nitrogens with one attached hydrogen (secondary N) is 1. The van der Waals surface area contributed by atoms with Crippen molar-refractivity contribution in [3.8, 4) is 11.4 Å². The number of ether oxygens (including phenoxy) is 1. The zero-order chi connectivity index (χ0) is 15.1. The fraction of sp³-hybridized carbons (Fsp3) is 0.133. The van der Waals surface area contributed by atoms with Crippen LogP contribution in [-0.4, -0.2) is 16.7 Å². The molecule has 0 aliphatic carbocycles. The molecule has 1 heterocycles. The molecule has 0 amide bonds. The minimum atomic E-state index is -0.923. The van der Waals surface area contributed by atoms with E-state index in [0.717, 1.165) is 17.4 Å². The minimum Gasteiger partial charge on any atom is -0.496 e. The molecule has 0 spiro atoms. The fourth-order valence-corrected chi connectivity index (χ4v) is 2.69. The Balaban J connectivity index is 2.34. The van der Waals surface area contributed by atoms with Crippen molar-refractivity contribution < 1.29 is 13.5 Å². The zero-order valence-corrected chi connectivity index (χ0v) is 12.2. The highest BCUT2D eigenvalue weighted by atomic mass is 32.1. The first kappa shape index (κ1) is 13.8. The topological polar surface area (TPSA) is 29.9 Å². The van der Waals surface area contributed by atoms with Gasteiger partial charge in [0.15, 0.2) is 16.4 Å². The maximum absolute atomic E-state index is 14.1. The summed E-state index contributed by atoms with van der Waals surface area (Å²) in [5.74, 6) is -1.11. The van der Waals surface area contributed by atoms with E-state index in [0.29, 0.717) is 16.0 Å². The van der Waals surface area contributed by atoms with Crippen molar-refractivity contribution in [3.05, 3.63) is 52.3 Å². The number of halogens is 2. The Labute approximate surface area is 124 Å². The maximum Gasteiger partial charge on any atom is 0.184 e. The van der Waals surface area contributed by atoms with Gasteiger partial charge in [0.05, 0.1) is 12.6 Å². The number of H-pyrrole nitrogens is 1. The van der Waals surface area contributed by atoms with Crippen LogP contribution >= 0.6 is 12.2 Å². The van der Waals surface area contributed by atoms with Gasteiger partial charge in [-0.15, -0.1) is 0 Å². The molecule has 0 aliphatic heterocycles. The van der Waals surface area contributed by atoms with Crippen LogP contribution in [0.3, 0.4) is 0 Å². The third-order valence-electron chi connectivity index (χ3n) is 3.37. The molecule has 2 aromatic carbocycles. The summed E-state index contributed by atoms with van der Waals surface area (Å²) in [6.45, 7) is 1.87. The number of benzene rings is 2. The van der Waals surface area contributed by atoms with Gasteiger partial charge in [-0.3, -0.25) is 4.57 Å². The van der Waals surface area contributed by atoms with Gasteiger partial charge in [0.25, 0.3) is 0 Å². The highest BCUT2D eigenvalue weighted by Gasteiger charge is 2.15. The largest absolute Gasteiger partial charge is 0.496 e. The van der Waals surface area contributed by atoms with Gasteiger partial charge in [0.1, 0.15) is 11.3 Å². The van der Waals surface area contributed by atoms with Gasteiger partial charge in [0, 0.05) is 5.69 Å². The van der Waals surface area contributed by atoms with E-state index < -0.39 is 11.6 Å². The van der Waals surface area contributed by atoms with E-state index in [-0.39, 0.29) is 5.52 Å². The number of hydrogen-bond acceptors (Lipinski definition) is 2. The standard InChI is InChI=1S/C15H12F2N2OS/c1-8-7-9(3-6-12(8)20-2)19-14-11(18-15(19)21)5-4-10(16)13(14)17/h3-7H,1-2H3,(H,18,21). The van der Waals surface area contributed by atoms with Crippen LogP contribution in [0.15, 0.2) is 30.3 Å². The molecule has 3 rings (SSSR count). The van der Waals surface area contributed by atoms with E-state index in [1.54, 1.807) is 19.2 Å². The van der Waals surface area contributed by atoms with E-state index in [4.69, 9.17) is 17.0 Å². The molecule has 0 saturated carbocycles. The Bertz CT molecular complexity index is 899. The lowest BCUT2D eigenvalue weighted by molar-refractivity contribution is 0.411. The van der Waals surface area contributed by atoms with Crippen LogP contribution in [-0.2, 0) is 0 Å². The SMILES string of the molecule is COc1ccc(-n2c(=S)[nH]c3ccc(F)c(F)c32)cc1C. The second-order valence-electron chi connectivity index (χ2n) is 4.68. The molecule has 0 saturated heterocycles. The fourth-order valence-electron chi connectivity index (χ4n) is 2.38. The molecule has 6 heteroatoms. The number of hydrogen-bond donors (Lipinski definition) is 1. The molecule has 21 heavy (non-hydrogen) atoms. The number of rotatable bonds is 2. The lowest BCUT2D eigenvalue weighted by atomic mass is 10.2. The Morgan fingerprint density at radius 2 is 1.95 bits per heavy atom. The average Bonchev–Trinajstić information content (AvgIpc) is 2.80. The van der Waals surface area contributed by atoms with Crippen molar-refractivity contribution >= 4 is 23.3 Å². The Kier molecular flexibility index (Phi) is 3.25. The van der Waals surface area contributed by atoms with Gasteiger partial charge < -0.3 is 9.72 Å². The maximum atomic E-state index is 14.1. The normalized spacial score (nSPS) is 11.0. The molecule has 3 aromatic rings. The van der Waals surface area contributed by atoms with E-state index in [2.05, 4.69) is 4.98 Å². The zero-order valence-electron chi connectivity index (χ0n) is 11.4. The predicted molar refractivity (Wildman–Crippen MR) is 79.7 cm³/mol. The van der Waals surface area contributed by atoms with E-state index in [1.165, 1.54) is 10.6 Å². The number of aromatic nitrogens is 2. The molecule has 3 nitrogen and oxygen atoms in total. The predicted octanol–water partition coefficient (Wildman–Crippen LogP) is 4.28. The summed E-state index contributed by atoms with van der Waals surface area (Å²) in [5.41, 5.74) is 2.08. The minimum absolute atomic E-state index is 0.101. The van der Waals surface area contributed by atoms with Crippen LogP contribution in [0.1, 0.15) is 5.56 Å². The Hall–Kier alpha value is -2.21. The quantitative estimate of drug-likeness (QED) is 0.716. The molecular weight excluding hydrogens is 294 g/mol. The molecule has 0 aliphatic rings. The lowest BCUT2D eigenvalue weighted by Gasteiger charge is -2.09. The number of fused-ring (bicyclic) bond motifs is 1. The molecule has 0 fully saturated rings. The first-order valence-corrected chi connectivity index (χ1v) is 6.67. The number of aromatic amines is 1. The Morgan fingerprint density at radius 3 is 2.62 bits per heavy atom. The van der Waals surface area contributed by atoms with Gasteiger partial charge in [-0.25, -0.2) is 8.78 Å². The molecule has 0 unspecified atom stereocenters. The summed E-state index contributed by atoms with van der Waals surface area (Å²) in [7, 11) is 1.58. The molecule has 0 bridgehead atoms. The van der Waals surface area contributed by atoms with Gasteiger partial charge in [-0.1, -0.05) is 0 Å². The van der Waals surface area contributed by atoms with Crippen molar-refractivity contribution in [2.45, 2.75) is 6.92 Å². The molecule has 0 radical (unpaired) electrons. The van der Waals surface area contributed by atoms with Crippen LogP contribution in [0.2, 0.25) is 0 Å². The molecule has 1 N–H and O–H groups in total. The Morgan fingerprint density at radius 1 is 1.19 bits per heavy atom. The number of imidazole rings is 1. The van der Waals surface area contributed by atoms with E-state index in [9.17, 15) is 8.78 Å². The number of aryl methyl sites for hydroxylation is 1. The average molecular weight is 306 g/mol. The van der Waals surface area contributed by atoms with Gasteiger partial charge >= 0.3 is 0 Å². The van der Waals surface area contributed by atoms with Crippen LogP contribution in [0.4, 0.5) is 8.78 Å². The third kappa shape index (κ3) is 2.12. The van der Waals surface area contributed by atoms with Crippen molar-refractivity contribution in [1.82, 2.24) is 9.55 Å². The summed E-state index contributed by atoms with van der Waals surface area (Å²) in [5, 5.41) is 0. The summed E-state index contributed by atoms with van der Waals surface area (Å²) in [4.78, 5) is 2.88. The summed E-state index contributed by atoms with van der Waals surface area (Å²) < 4.78 is 34.6. The molecule has 0 atom stereocenters. The third-order valence-corrected chi connectivity index (χ3v) is 3.66. The van der Waals surface area contributed by atoms with Crippen molar-refractivity contribution in [2.24, 2.45) is 0 Å². The van der Waals surface area contributed by atoms with Crippen molar-refractivity contribution in [1.29, 1.82) is 0 Å². The highest BCUT2D eigenvalue weighted by Crippen LogP contribution is 2.27. The van der Waals surface area contributed by atoms with Crippen LogP contribution in [0.5, 0.6) is 5.75 Å². The van der Waals surface area contributed by atoms with Crippen LogP contribution in [0, 0.1) is 23.3 Å². The van der Waals surface area contributed by atoms with Crippen LogP contribution in [0.25, 0.3) is 16.7 Å². The first-order valence-electron chi connectivity index (χ1n) is 6.26. The van der Waals surface area contributed by atoms with Crippen LogP contribution < -0.4 is 4.74 Å². The van der Waals surface area contributed by atoms with Gasteiger partial charge in [-0.2, -0.15) is 0 Å². The smallest absolute Gasteiger partial charge is 0.184 e. The van der Waals surface area contributed by atoms with Crippen molar-refractivity contribution in [2.75, 3.05) is 7.11 Å². The second-order valence-corrected chi connectivity index (χ2v) is 5.06. The second kappa shape index (κ2) is 4.96.